The first-order chi connectivity index (χ1) is 8.74. The lowest BCUT2D eigenvalue weighted by Crippen LogP contribution is -2.41. The highest BCUT2D eigenvalue weighted by molar-refractivity contribution is 4.78. The second-order valence-corrected chi connectivity index (χ2v) is 5.97. The minimum Gasteiger partial charge on any atom is -0.379 e. The Kier molecular flexibility index (Phi) is 5.89. The van der Waals surface area contributed by atoms with Crippen molar-refractivity contribution in [2.24, 2.45) is 5.92 Å². The van der Waals surface area contributed by atoms with Crippen LogP contribution in [0.25, 0.3) is 0 Å². The number of nitrogens with one attached hydrogen (secondary N) is 1. The first-order valence-corrected chi connectivity index (χ1v) is 7.50. The Morgan fingerprint density at radius 1 is 1.11 bits per heavy atom. The van der Waals surface area contributed by atoms with Gasteiger partial charge < -0.3 is 15.0 Å². The largest absolute Gasteiger partial charge is 0.379 e. The lowest BCUT2D eigenvalue weighted by atomic mass is 10.1. The zero-order valence-electron chi connectivity index (χ0n) is 12.0. The van der Waals surface area contributed by atoms with Crippen molar-refractivity contribution in [3.63, 3.8) is 0 Å². The molecule has 2 fully saturated rings. The van der Waals surface area contributed by atoms with Crippen LogP contribution in [0.15, 0.2) is 0 Å². The first-order valence-electron chi connectivity index (χ1n) is 7.50. The Balaban J connectivity index is 1.57. The quantitative estimate of drug-likeness (QED) is 0.754. The van der Waals surface area contributed by atoms with Gasteiger partial charge in [0.05, 0.1) is 13.2 Å². The van der Waals surface area contributed by atoms with E-state index >= 15 is 0 Å². The van der Waals surface area contributed by atoms with Crippen molar-refractivity contribution in [1.82, 2.24) is 15.1 Å². The summed E-state index contributed by atoms with van der Waals surface area (Å²) in [6.45, 7) is 14.7. The van der Waals surface area contributed by atoms with Crippen molar-refractivity contribution in [3.8, 4) is 0 Å². The zero-order valence-corrected chi connectivity index (χ0v) is 12.0. The second-order valence-electron chi connectivity index (χ2n) is 5.97. The van der Waals surface area contributed by atoms with Gasteiger partial charge >= 0.3 is 0 Å². The van der Waals surface area contributed by atoms with Crippen LogP contribution in [0, 0.1) is 5.92 Å². The standard InChI is InChI=1S/C14H29N3O/c1-13(2)15-11-14-3-4-17(12-14)6-5-16-7-9-18-10-8-16/h13-15H,3-12H2,1-2H3. The van der Waals surface area contributed by atoms with E-state index in [2.05, 4.69) is 29.0 Å². The van der Waals surface area contributed by atoms with E-state index in [4.69, 9.17) is 4.74 Å². The lowest BCUT2D eigenvalue weighted by molar-refractivity contribution is 0.0342. The summed E-state index contributed by atoms with van der Waals surface area (Å²) >= 11 is 0. The smallest absolute Gasteiger partial charge is 0.0594 e. The summed E-state index contributed by atoms with van der Waals surface area (Å²) in [5, 5.41) is 3.56. The molecule has 4 nitrogen and oxygen atoms in total. The Morgan fingerprint density at radius 3 is 2.56 bits per heavy atom. The van der Waals surface area contributed by atoms with E-state index in [0.717, 1.165) is 32.2 Å². The molecule has 4 heteroatoms. The molecule has 0 aromatic rings. The second kappa shape index (κ2) is 7.43. The van der Waals surface area contributed by atoms with Crippen LogP contribution in [-0.2, 0) is 4.74 Å². The molecule has 0 bridgehead atoms. The summed E-state index contributed by atoms with van der Waals surface area (Å²) in [7, 11) is 0. The summed E-state index contributed by atoms with van der Waals surface area (Å²) in [6, 6.07) is 0.618. The highest BCUT2D eigenvalue weighted by atomic mass is 16.5. The third-order valence-electron chi connectivity index (χ3n) is 4.02. The molecular weight excluding hydrogens is 226 g/mol. The van der Waals surface area contributed by atoms with Crippen LogP contribution >= 0.6 is 0 Å². The summed E-state index contributed by atoms with van der Waals surface area (Å²) in [6.07, 6.45) is 1.36. The van der Waals surface area contributed by atoms with Crippen LogP contribution in [0.4, 0.5) is 0 Å². The molecule has 1 unspecified atom stereocenters. The number of ether oxygens (including phenoxy) is 1. The molecule has 1 atom stereocenters. The van der Waals surface area contributed by atoms with Crippen molar-refractivity contribution in [3.05, 3.63) is 0 Å². The third kappa shape index (κ3) is 4.84. The van der Waals surface area contributed by atoms with E-state index in [1.807, 2.05) is 0 Å². The molecule has 1 N–H and O–H groups in total. The summed E-state index contributed by atoms with van der Waals surface area (Å²) in [5.74, 6) is 0.858. The average molecular weight is 255 g/mol. The number of hydrogen-bond donors (Lipinski definition) is 1. The summed E-state index contributed by atoms with van der Waals surface area (Å²) in [4.78, 5) is 5.16. The minimum absolute atomic E-state index is 0.618. The van der Waals surface area contributed by atoms with Crippen molar-refractivity contribution < 1.29 is 4.74 Å². The van der Waals surface area contributed by atoms with Gasteiger partial charge in [0, 0.05) is 38.8 Å². The van der Waals surface area contributed by atoms with E-state index in [-0.39, 0.29) is 0 Å². The van der Waals surface area contributed by atoms with Gasteiger partial charge in [0.15, 0.2) is 0 Å². The highest BCUT2D eigenvalue weighted by Gasteiger charge is 2.22. The molecule has 2 aliphatic rings. The van der Waals surface area contributed by atoms with Crippen LogP contribution in [0.2, 0.25) is 0 Å². The SMILES string of the molecule is CC(C)NCC1CCN(CCN2CCOCC2)C1. The first kappa shape index (κ1) is 14.3. The van der Waals surface area contributed by atoms with E-state index < -0.39 is 0 Å². The van der Waals surface area contributed by atoms with E-state index in [1.54, 1.807) is 0 Å². The molecule has 0 radical (unpaired) electrons. The maximum Gasteiger partial charge on any atom is 0.0594 e. The predicted octanol–water partition coefficient (Wildman–Crippen LogP) is 0.639. The van der Waals surface area contributed by atoms with Crippen molar-refractivity contribution in [2.45, 2.75) is 26.3 Å². The normalized spacial score (nSPS) is 27.2. The van der Waals surface area contributed by atoms with Crippen LogP contribution in [0.5, 0.6) is 0 Å². The molecule has 106 valence electrons. The van der Waals surface area contributed by atoms with Crippen LogP contribution < -0.4 is 5.32 Å². The molecular formula is C14H29N3O. The fraction of sp³-hybridized carbons (Fsp3) is 1.00. The molecule has 18 heavy (non-hydrogen) atoms. The Morgan fingerprint density at radius 2 is 1.83 bits per heavy atom. The van der Waals surface area contributed by atoms with Gasteiger partial charge in [0.2, 0.25) is 0 Å². The van der Waals surface area contributed by atoms with Gasteiger partial charge in [-0.3, -0.25) is 4.90 Å². The highest BCUT2D eigenvalue weighted by Crippen LogP contribution is 2.15. The Hall–Kier alpha value is -0.160. The van der Waals surface area contributed by atoms with Gasteiger partial charge in [-0.2, -0.15) is 0 Å². The van der Waals surface area contributed by atoms with E-state index in [0.29, 0.717) is 6.04 Å². The molecule has 0 saturated carbocycles. The minimum atomic E-state index is 0.618. The van der Waals surface area contributed by atoms with E-state index in [9.17, 15) is 0 Å². The maximum absolute atomic E-state index is 5.38. The van der Waals surface area contributed by atoms with Gasteiger partial charge in [-0.05, 0) is 25.4 Å². The number of likely N-dealkylation sites (tertiary alicyclic amines) is 1. The number of rotatable bonds is 6. The number of hydrogen-bond acceptors (Lipinski definition) is 4. The van der Waals surface area contributed by atoms with Gasteiger partial charge in [-0.1, -0.05) is 13.8 Å². The molecule has 0 aliphatic carbocycles. The zero-order chi connectivity index (χ0) is 12.8. The predicted molar refractivity (Wildman–Crippen MR) is 74.9 cm³/mol. The van der Waals surface area contributed by atoms with Crippen LogP contribution in [-0.4, -0.2) is 74.9 Å². The Labute approximate surface area is 112 Å². The molecule has 2 heterocycles. The summed E-state index contributed by atoms with van der Waals surface area (Å²) < 4.78 is 5.38. The van der Waals surface area contributed by atoms with Crippen LogP contribution in [0.1, 0.15) is 20.3 Å². The number of nitrogens with zero attached hydrogens (tertiary/aromatic N) is 2. The van der Waals surface area contributed by atoms with Crippen molar-refractivity contribution >= 4 is 0 Å². The fourth-order valence-corrected chi connectivity index (χ4v) is 2.79. The molecule has 2 rings (SSSR count). The summed E-state index contributed by atoms with van der Waals surface area (Å²) in [5.41, 5.74) is 0. The maximum atomic E-state index is 5.38. The molecule has 2 saturated heterocycles. The third-order valence-corrected chi connectivity index (χ3v) is 4.02. The fourth-order valence-electron chi connectivity index (χ4n) is 2.79. The van der Waals surface area contributed by atoms with E-state index in [1.165, 1.54) is 39.1 Å². The average Bonchev–Trinajstić information content (AvgIpc) is 2.83. The lowest BCUT2D eigenvalue weighted by Gasteiger charge is -2.28. The van der Waals surface area contributed by atoms with Crippen LogP contribution in [0.3, 0.4) is 0 Å². The molecule has 0 spiro atoms. The van der Waals surface area contributed by atoms with Crippen molar-refractivity contribution in [2.75, 3.05) is 59.0 Å². The van der Waals surface area contributed by atoms with Gasteiger partial charge in [0.1, 0.15) is 0 Å². The molecule has 2 aliphatic heterocycles. The molecule has 0 aromatic heterocycles. The topological polar surface area (TPSA) is 27.7 Å². The van der Waals surface area contributed by atoms with Gasteiger partial charge in [-0.15, -0.1) is 0 Å². The Bertz CT molecular complexity index is 229. The van der Waals surface area contributed by atoms with Gasteiger partial charge in [0.25, 0.3) is 0 Å². The van der Waals surface area contributed by atoms with Crippen molar-refractivity contribution in [1.29, 1.82) is 0 Å². The molecule has 0 aromatic carbocycles. The number of morpholine rings is 1. The van der Waals surface area contributed by atoms with Gasteiger partial charge in [-0.25, -0.2) is 0 Å². The monoisotopic (exact) mass is 255 g/mol. The molecule has 0 amide bonds.